The average molecular weight is 225 g/mol. The third-order valence-corrected chi connectivity index (χ3v) is 2.35. The molecule has 0 aliphatic heterocycles. The van der Waals surface area contributed by atoms with E-state index in [1.165, 1.54) is 0 Å². The standard InChI is InChI=1S/C15H15NO/c1-2-6-13-9-10-15(16-11-13)17-12-14-7-4-3-5-8-14/h2-11H,12H2,1H3/b6-2+. The van der Waals surface area contributed by atoms with Crippen LogP contribution in [0.5, 0.6) is 5.88 Å². The monoisotopic (exact) mass is 225 g/mol. The largest absolute Gasteiger partial charge is 0.473 e. The van der Waals surface area contributed by atoms with Crippen LogP contribution in [0.2, 0.25) is 0 Å². The first-order valence-electron chi connectivity index (χ1n) is 5.64. The van der Waals surface area contributed by atoms with Crippen molar-refractivity contribution in [3.05, 3.63) is 65.9 Å². The Labute approximate surface area is 102 Å². The Morgan fingerprint density at radius 1 is 1.12 bits per heavy atom. The molecule has 2 rings (SSSR count). The molecule has 0 unspecified atom stereocenters. The van der Waals surface area contributed by atoms with Gasteiger partial charge in [0.15, 0.2) is 0 Å². The summed E-state index contributed by atoms with van der Waals surface area (Å²) < 4.78 is 5.59. The minimum atomic E-state index is 0.552. The van der Waals surface area contributed by atoms with Crippen molar-refractivity contribution in [2.45, 2.75) is 13.5 Å². The van der Waals surface area contributed by atoms with Crippen molar-refractivity contribution >= 4 is 6.08 Å². The SMILES string of the molecule is C/C=C/c1ccc(OCc2ccccc2)nc1. The molecule has 2 aromatic rings. The molecule has 0 amide bonds. The molecular weight excluding hydrogens is 210 g/mol. The van der Waals surface area contributed by atoms with Crippen LogP contribution in [0.15, 0.2) is 54.7 Å². The van der Waals surface area contributed by atoms with Crippen LogP contribution < -0.4 is 4.74 Å². The molecule has 0 radical (unpaired) electrons. The molecule has 2 nitrogen and oxygen atoms in total. The zero-order valence-electron chi connectivity index (χ0n) is 9.84. The van der Waals surface area contributed by atoms with Crippen LogP contribution in [0.4, 0.5) is 0 Å². The molecule has 0 saturated carbocycles. The molecule has 0 fully saturated rings. The lowest BCUT2D eigenvalue weighted by atomic mass is 10.2. The highest BCUT2D eigenvalue weighted by atomic mass is 16.5. The van der Waals surface area contributed by atoms with E-state index in [1.807, 2.05) is 61.5 Å². The molecule has 86 valence electrons. The van der Waals surface area contributed by atoms with E-state index in [1.54, 1.807) is 6.20 Å². The molecule has 1 aromatic heterocycles. The van der Waals surface area contributed by atoms with E-state index in [9.17, 15) is 0 Å². The molecule has 2 heteroatoms. The molecule has 0 aliphatic rings. The van der Waals surface area contributed by atoms with Crippen molar-refractivity contribution in [3.63, 3.8) is 0 Å². The summed E-state index contributed by atoms with van der Waals surface area (Å²) in [6.45, 7) is 2.54. The van der Waals surface area contributed by atoms with Crippen LogP contribution in [0.25, 0.3) is 6.08 Å². The van der Waals surface area contributed by atoms with E-state index in [2.05, 4.69) is 4.98 Å². The number of pyridine rings is 1. The van der Waals surface area contributed by atoms with Gasteiger partial charge in [-0.1, -0.05) is 42.5 Å². The quantitative estimate of drug-likeness (QED) is 0.791. The maximum absolute atomic E-state index is 5.59. The highest BCUT2D eigenvalue weighted by Crippen LogP contribution is 2.11. The van der Waals surface area contributed by atoms with E-state index in [0.717, 1.165) is 11.1 Å². The Balaban J connectivity index is 1.95. The molecule has 0 atom stereocenters. The summed E-state index contributed by atoms with van der Waals surface area (Å²) in [7, 11) is 0. The van der Waals surface area contributed by atoms with Gasteiger partial charge in [-0.15, -0.1) is 0 Å². The summed E-state index contributed by atoms with van der Waals surface area (Å²) in [6, 6.07) is 13.9. The molecule has 0 aliphatic carbocycles. The van der Waals surface area contributed by atoms with Gasteiger partial charge in [-0.3, -0.25) is 0 Å². The zero-order chi connectivity index (χ0) is 11.9. The lowest BCUT2D eigenvalue weighted by Crippen LogP contribution is -1.96. The van der Waals surface area contributed by atoms with Crippen LogP contribution in [0.1, 0.15) is 18.1 Å². The van der Waals surface area contributed by atoms with Crippen LogP contribution in [-0.2, 0) is 6.61 Å². The number of hydrogen-bond acceptors (Lipinski definition) is 2. The van der Waals surface area contributed by atoms with Crippen molar-refractivity contribution in [2.24, 2.45) is 0 Å². The summed E-state index contributed by atoms with van der Waals surface area (Å²) in [6.07, 6.45) is 5.80. The van der Waals surface area contributed by atoms with Gasteiger partial charge in [-0.2, -0.15) is 0 Å². The molecule has 0 spiro atoms. The number of aromatic nitrogens is 1. The zero-order valence-corrected chi connectivity index (χ0v) is 9.84. The van der Waals surface area contributed by atoms with Gasteiger partial charge in [0.1, 0.15) is 6.61 Å². The summed E-state index contributed by atoms with van der Waals surface area (Å²) >= 11 is 0. The molecule has 0 bridgehead atoms. The third kappa shape index (κ3) is 3.45. The maximum atomic E-state index is 5.59. The Hall–Kier alpha value is -2.09. The highest BCUT2D eigenvalue weighted by Gasteiger charge is 1.96. The average Bonchev–Trinajstić information content (AvgIpc) is 2.40. The Morgan fingerprint density at radius 3 is 2.59 bits per heavy atom. The Kier molecular flexibility index (Phi) is 3.92. The van der Waals surface area contributed by atoms with Crippen molar-refractivity contribution < 1.29 is 4.74 Å². The predicted molar refractivity (Wildman–Crippen MR) is 69.7 cm³/mol. The van der Waals surface area contributed by atoms with E-state index in [0.29, 0.717) is 12.5 Å². The van der Waals surface area contributed by atoms with Crippen LogP contribution in [0.3, 0.4) is 0 Å². The van der Waals surface area contributed by atoms with Gasteiger partial charge in [0.25, 0.3) is 0 Å². The molecule has 0 saturated heterocycles. The fraction of sp³-hybridized carbons (Fsp3) is 0.133. The maximum Gasteiger partial charge on any atom is 0.213 e. The smallest absolute Gasteiger partial charge is 0.213 e. The summed E-state index contributed by atoms with van der Waals surface area (Å²) in [4.78, 5) is 4.24. The second-order valence-electron chi connectivity index (χ2n) is 3.70. The van der Waals surface area contributed by atoms with Gasteiger partial charge in [-0.25, -0.2) is 4.98 Å². The van der Waals surface area contributed by atoms with Crippen molar-refractivity contribution in [1.29, 1.82) is 0 Å². The second kappa shape index (κ2) is 5.85. The Morgan fingerprint density at radius 2 is 1.94 bits per heavy atom. The first-order valence-corrected chi connectivity index (χ1v) is 5.64. The van der Waals surface area contributed by atoms with Crippen molar-refractivity contribution in [2.75, 3.05) is 0 Å². The number of nitrogens with zero attached hydrogens (tertiary/aromatic N) is 1. The number of rotatable bonds is 4. The van der Waals surface area contributed by atoms with Gasteiger partial charge in [0.2, 0.25) is 5.88 Å². The second-order valence-corrected chi connectivity index (χ2v) is 3.70. The highest BCUT2D eigenvalue weighted by molar-refractivity contribution is 5.47. The van der Waals surface area contributed by atoms with Crippen LogP contribution in [0, 0.1) is 0 Å². The van der Waals surface area contributed by atoms with E-state index in [4.69, 9.17) is 4.74 Å². The van der Waals surface area contributed by atoms with Crippen molar-refractivity contribution in [3.8, 4) is 5.88 Å². The molecular formula is C15H15NO. The van der Waals surface area contributed by atoms with Crippen LogP contribution >= 0.6 is 0 Å². The minimum absolute atomic E-state index is 0.552. The van der Waals surface area contributed by atoms with Crippen molar-refractivity contribution in [1.82, 2.24) is 4.98 Å². The van der Waals surface area contributed by atoms with Gasteiger partial charge in [-0.05, 0) is 24.1 Å². The summed E-state index contributed by atoms with van der Waals surface area (Å²) in [5.41, 5.74) is 2.23. The van der Waals surface area contributed by atoms with E-state index < -0.39 is 0 Å². The molecule has 17 heavy (non-hydrogen) atoms. The fourth-order valence-electron chi connectivity index (χ4n) is 1.50. The van der Waals surface area contributed by atoms with Gasteiger partial charge in [0, 0.05) is 12.3 Å². The number of ether oxygens (including phenoxy) is 1. The van der Waals surface area contributed by atoms with Gasteiger partial charge < -0.3 is 4.74 Å². The molecule has 1 aromatic carbocycles. The fourth-order valence-corrected chi connectivity index (χ4v) is 1.50. The lowest BCUT2D eigenvalue weighted by Gasteiger charge is -2.05. The molecule has 0 N–H and O–H groups in total. The predicted octanol–water partition coefficient (Wildman–Crippen LogP) is 3.69. The van der Waals surface area contributed by atoms with Crippen LogP contribution in [-0.4, -0.2) is 4.98 Å². The normalized spacial score (nSPS) is 10.6. The summed E-state index contributed by atoms with van der Waals surface area (Å²) in [5.74, 6) is 0.655. The Bertz CT molecular complexity index is 474. The minimum Gasteiger partial charge on any atom is -0.473 e. The topological polar surface area (TPSA) is 22.1 Å². The first kappa shape index (κ1) is 11.4. The summed E-state index contributed by atoms with van der Waals surface area (Å²) in [5, 5.41) is 0. The van der Waals surface area contributed by atoms with E-state index >= 15 is 0 Å². The third-order valence-electron chi connectivity index (χ3n) is 2.35. The molecule has 1 heterocycles. The van der Waals surface area contributed by atoms with Gasteiger partial charge >= 0.3 is 0 Å². The first-order chi connectivity index (χ1) is 8.38. The number of allylic oxidation sites excluding steroid dienone is 1. The number of benzene rings is 1. The van der Waals surface area contributed by atoms with Gasteiger partial charge in [0.05, 0.1) is 0 Å². The van der Waals surface area contributed by atoms with E-state index in [-0.39, 0.29) is 0 Å². The number of hydrogen-bond donors (Lipinski definition) is 0. The lowest BCUT2D eigenvalue weighted by molar-refractivity contribution is 0.294.